The normalized spacial score (nSPS) is 12.5. The molecule has 0 atom stereocenters. The molecule has 0 aromatic heterocycles. The average Bonchev–Trinajstić information content (AvgIpc) is 2.12. The van der Waals surface area contributed by atoms with Crippen molar-refractivity contribution in [3.8, 4) is 0 Å². The number of alkyl halides is 2. The molecule has 4 nitrogen and oxygen atoms in total. The second-order valence-corrected chi connectivity index (χ2v) is 5.03. The Kier molecular flexibility index (Phi) is 5.56. The molecule has 0 spiro atoms. The SMILES string of the molecule is CC(C)(CCCl)C(CCCl)(C(=O)O)C(=O)O. The number of hydrogen-bond donors (Lipinski definition) is 2. The van der Waals surface area contributed by atoms with Gasteiger partial charge in [0, 0.05) is 11.8 Å². The Bertz CT molecular complexity index is 262. The van der Waals surface area contributed by atoms with Gasteiger partial charge < -0.3 is 10.2 Å². The van der Waals surface area contributed by atoms with Crippen LogP contribution in [-0.2, 0) is 9.59 Å². The maximum absolute atomic E-state index is 11.3. The smallest absolute Gasteiger partial charge is 0.321 e. The van der Waals surface area contributed by atoms with Crippen LogP contribution in [0.4, 0.5) is 0 Å². The van der Waals surface area contributed by atoms with E-state index in [1.54, 1.807) is 13.8 Å². The van der Waals surface area contributed by atoms with E-state index in [1.165, 1.54) is 0 Å². The van der Waals surface area contributed by atoms with Crippen molar-refractivity contribution < 1.29 is 19.8 Å². The number of hydrogen-bond acceptors (Lipinski definition) is 2. The summed E-state index contributed by atoms with van der Waals surface area (Å²) in [6, 6.07) is 0. The van der Waals surface area contributed by atoms with Crippen molar-refractivity contribution in [2.45, 2.75) is 26.7 Å². The van der Waals surface area contributed by atoms with Gasteiger partial charge in [0.25, 0.3) is 0 Å². The minimum atomic E-state index is -1.89. The van der Waals surface area contributed by atoms with Gasteiger partial charge in [0.1, 0.15) is 0 Å². The lowest BCUT2D eigenvalue weighted by Gasteiger charge is -2.39. The quantitative estimate of drug-likeness (QED) is 0.551. The predicted molar refractivity (Wildman–Crippen MR) is 62.2 cm³/mol. The van der Waals surface area contributed by atoms with Crippen molar-refractivity contribution in [2.24, 2.45) is 10.8 Å². The molecular formula is C10H16Cl2O4. The largest absolute Gasteiger partial charge is 0.480 e. The first-order valence-corrected chi connectivity index (χ1v) is 5.92. The van der Waals surface area contributed by atoms with E-state index in [4.69, 9.17) is 23.2 Å². The van der Waals surface area contributed by atoms with Crippen LogP contribution in [0.1, 0.15) is 26.7 Å². The minimum Gasteiger partial charge on any atom is -0.480 e. The molecule has 0 radical (unpaired) electrons. The molecule has 0 saturated heterocycles. The van der Waals surface area contributed by atoms with Gasteiger partial charge in [0.2, 0.25) is 0 Å². The molecule has 0 aromatic rings. The van der Waals surface area contributed by atoms with Gasteiger partial charge in [-0.2, -0.15) is 0 Å². The molecule has 0 rings (SSSR count). The Balaban J connectivity index is 5.50. The van der Waals surface area contributed by atoms with E-state index >= 15 is 0 Å². The number of carboxylic acids is 2. The van der Waals surface area contributed by atoms with E-state index in [1.807, 2.05) is 0 Å². The second-order valence-electron chi connectivity index (χ2n) is 4.28. The van der Waals surface area contributed by atoms with Crippen LogP contribution in [0.2, 0.25) is 0 Å². The summed E-state index contributed by atoms with van der Waals surface area (Å²) in [7, 11) is 0. The molecule has 94 valence electrons. The molecule has 2 N–H and O–H groups in total. The molecule has 0 aliphatic carbocycles. The van der Waals surface area contributed by atoms with Crippen LogP contribution in [-0.4, -0.2) is 33.9 Å². The van der Waals surface area contributed by atoms with Crippen LogP contribution in [0.5, 0.6) is 0 Å². The first-order valence-electron chi connectivity index (χ1n) is 4.85. The fourth-order valence-electron chi connectivity index (χ4n) is 1.81. The lowest BCUT2D eigenvalue weighted by molar-refractivity contribution is -0.175. The lowest BCUT2D eigenvalue weighted by Crippen LogP contribution is -2.51. The molecule has 0 aliphatic heterocycles. The number of aliphatic carboxylic acids is 2. The summed E-state index contributed by atoms with van der Waals surface area (Å²) in [5.74, 6) is -2.55. The summed E-state index contributed by atoms with van der Waals surface area (Å²) in [4.78, 5) is 22.6. The zero-order chi connectivity index (χ0) is 13.0. The second kappa shape index (κ2) is 5.73. The van der Waals surface area contributed by atoms with E-state index in [2.05, 4.69) is 0 Å². The van der Waals surface area contributed by atoms with Crippen molar-refractivity contribution in [1.82, 2.24) is 0 Å². The van der Waals surface area contributed by atoms with Gasteiger partial charge in [0.05, 0.1) is 0 Å². The highest BCUT2D eigenvalue weighted by Gasteiger charge is 2.56. The fourth-order valence-corrected chi connectivity index (χ4v) is 2.57. The van der Waals surface area contributed by atoms with Crippen LogP contribution >= 0.6 is 23.2 Å². The maximum Gasteiger partial charge on any atom is 0.321 e. The van der Waals surface area contributed by atoms with Gasteiger partial charge in [-0.05, 0) is 18.3 Å². The summed E-state index contributed by atoms with van der Waals surface area (Å²) in [5.41, 5.74) is -2.84. The van der Waals surface area contributed by atoms with Crippen LogP contribution in [0, 0.1) is 10.8 Å². The summed E-state index contributed by atoms with van der Waals surface area (Å²) in [6.07, 6.45) is 0.174. The number of carboxylic acid groups (broad SMARTS) is 2. The first-order chi connectivity index (χ1) is 7.26. The summed E-state index contributed by atoms with van der Waals surface area (Å²) < 4.78 is 0. The van der Waals surface area contributed by atoms with E-state index < -0.39 is 22.8 Å². The van der Waals surface area contributed by atoms with Crippen molar-refractivity contribution in [3.63, 3.8) is 0 Å². The van der Waals surface area contributed by atoms with Gasteiger partial charge in [-0.15, -0.1) is 23.2 Å². The predicted octanol–water partition coefficient (Wildman–Crippen LogP) is 2.43. The van der Waals surface area contributed by atoms with Gasteiger partial charge in [0.15, 0.2) is 5.41 Å². The van der Waals surface area contributed by atoms with E-state index in [9.17, 15) is 19.8 Å². The monoisotopic (exact) mass is 270 g/mol. The topological polar surface area (TPSA) is 74.6 Å². The molecule has 0 heterocycles. The highest BCUT2D eigenvalue weighted by atomic mass is 35.5. The molecule has 0 aliphatic rings. The van der Waals surface area contributed by atoms with Crippen LogP contribution in [0.25, 0.3) is 0 Å². The van der Waals surface area contributed by atoms with Crippen molar-refractivity contribution >= 4 is 35.1 Å². The van der Waals surface area contributed by atoms with E-state index in [-0.39, 0.29) is 18.2 Å². The molecular weight excluding hydrogens is 255 g/mol. The van der Waals surface area contributed by atoms with Gasteiger partial charge in [-0.25, -0.2) is 0 Å². The molecule has 16 heavy (non-hydrogen) atoms. The molecule has 0 aromatic carbocycles. The molecule has 0 amide bonds. The van der Waals surface area contributed by atoms with E-state index in [0.717, 1.165) is 0 Å². The average molecular weight is 271 g/mol. The number of halogens is 2. The standard InChI is InChI=1S/C10H16Cl2O4/c1-9(2,3-5-11)10(4-6-12,7(13)14)8(15)16/h3-6H2,1-2H3,(H,13,14)(H,15,16). The Labute approximate surface area is 105 Å². The van der Waals surface area contributed by atoms with Crippen molar-refractivity contribution in [3.05, 3.63) is 0 Å². The summed E-state index contributed by atoms with van der Waals surface area (Å²) in [5, 5.41) is 18.4. The minimum absolute atomic E-state index is 0.0235. The van der Waals surface area contributed by atoms with Crippen molar-refractivity contribution in [1.29, 1.82) is 0 Å². The third-order valence-electron chi connectivity index (χ3n) is 3.07. The Morgan fingerprint density at radius 3 is 1.62 bits per heavy atom. The Morgan fingerprint density at radius 2 is 1.38 bits per heavy atom. The molecule has 0 unspecified atom stereocenters. The maximum atomic E-state index is 11.3. The third-order valence-corrected chi connectivity index (χ3v) is 3.45. The zero-order valence-electron chi connectivity index (χ0n) is 9.30. The summed E-state index contributed by atoms with van der Waals surface area (Å²) in [6.45, 7) is 3.17. The van der Waals surface area contributed by atoms with Crippen LogP contribution in [0.15, 0.2) is 0 Å². The van der Waals surface area contributed by atoms with Crippen molar-refractivity contribution in [2.75, 3.05) is 11.8 Å². The highest BCUT2D eigenvalue weighted by Crippen LogP contribution is 2.45. The fraction of sp³-hybridized carbons (Fsp3) is 0.800. The zero-order valence-corrected chi connectivity index (χ0v) is 10.8. The van der Waals surface area contributed by atoms with Gasteiger partial charge in [-0.3, -0.25) is 9.59 Å². The Morgan fingerprint density at radius 1 is 1.00 bits per heavy atom. The summed E-state index contributed by atoms with van der Waals surface area (Å²) >= 11 is 11.1. The molecule has 0 bridgehead atoms. The van der Waals surface area contributed by atoms with Crippen LogP contribution in [0.3, 0.4) is 0 Å². The third kappa shape index (κ3) is 2.61. The number of rotatable bonds is 7. The molecule has 0 fully saturated rings. The molecule has 6 heteroatoms. The highest BCUT2D eigenvalue weighted by molar-refractivity contribution is 6.18. The van der Waals surface area contributed by atoms with Gasteiger partial charge >= 0.3 is 11.9 Å². The van der Waals surface area contributed by atoms with Crippen LogP contribution < -0.4 is 0 Å². The lowest BCUT2D eigenvalue weighted by atomic mass is 9.62. The van der Waals surface area contributed by atoms with E-state index in [0.29, 0.717) is 6.42 Å². The Hall–Kier alpha value is -0.480. The first kappa shape index (κ1) is 15.5. The number of carbonyl (C=O) groups is 2. The van der Waals surface area contributed by atoms with Gasteiger partial charge in [-0.1, -0.05) is 13.8 Å². The molecule has 0 saturated carbocycles.